The quantitative estimate of drug-likeness (QED) is 0.524. The van der Waals surface area contributed by atoms with Crippen LogP contribution >= 0.6 is 0 Å². The number of ether oxygens (including phenoxy) is 1. The van der Waals surface area contributed by atoms with Crippen molar-refractivity contribution in [2.24, 2.45) is 0 Å². The average Bonchev–Trinajstić information content (AvgIpc) is 2.84. The van der Waals surface area contributed by atoms with Gasteiger partial charge in [0.05, 0.1) is 13.2 Å². The van der Waals surface area contributed by atoms with Gasteiger partial charge in [-0.25, -0.2) is 4.79 Å². The highest BCUT2D eigenvalue weighted by atomic mass is 16.5. The number of nitrogens with one attached hydrogen (secondary N) is 2. The van der Waals surface area contributed by atoms with Crippen molar-refractivity contribution < 1.29 is 24.0 Å². The van der Waals surface area contributed by atoms with Gasteiger partial charge in [0.1, 0.15) is 0 Å². The molecule has 0 fully saturated rings. The Balaban J connectivity index is 2.13. The van der Waals surface area contributed by atoms with Crippen LogP contribution in [0.3, 0.4) is 0 Å². The fourth-order valence-electron chi connectivity index (χ4n) is 1.29. The van der Waals surface area contributed by atoms with Gasteiger partial charge in [0.15, 0.2) is 11.5 Å². The molecule has 3 N–H and O–H groups in total. The van der Waals surface area contributed by atoms with Crippen LogP contribution in [0.5, 0.6) is 0 Å². The van der Waals surface area contributed by atoms with E-state index in [0.717, 1.165) is 0 Å². The molecule has 0 aliphatic carbocycles. The highest BCUT2D eigenvalue weighted by Crippen LogP contribution is 2.02. The van der Waals surface area contributed by atoms with Gasteiger partial charge >= 0.3 is 5.97 Å². The molecule has 106 valence electrons. The van der Waals surface area contributed by atoms with Crippen LogP contribution in [-0.2, 0) is 16.1 Å². The van der Waals surface area contributed by atoms with Crippen molar-refractivity contribution in [1.29, 1.82) is 0 Å². The van der Waals surface area contributed by atoms with Crippen LogP contribution in [0.25, 0.3) is 0 Å². The first-order chi connectivity index (χ1) is 9.13. The van der Waals surface area contributed by atoms with Crippen LogP contribution in [0.2, 0.25) is 0 Å². The number of methoxy groups -OCH3 is 1. The van der Waals surface area contributed by atoms with E-state index in [-0.39, 0.29) is 11.6 Å². The number of aromatic carboxylic acids is 1. The largest absolute Gasteiger partial charge is 0.476 e. The van der Waals surface area contributed by atoms with E-state index in [1.807, 2.05) is 0 Å². The van der Waals surface area contributed by atoms with Gasteiger partial charge in [0.25, 0.3) is 0 Å². The summed E-state index contributed by atoms with van der Waals surface area (Å²) in [7, 11) is 1.57. The van der Waals surface area contributed by atoms with Crippen molar-refractivity contribution in [2.45, 2.75) is 13.0 Å². The normalized spacial score (nSPS) is 10.4. The van der Waals surface area contributed by atoms with Gasteiger partial charge in [-0.15, -0.1) is 0 Å². The van der Waals surface area contributed by atoms with Gasteiger partial charge in [0, 0.05) is 32.7 Å². The Morgan fingerprint density at radius 3 is 2.89 bits per heavy atom. The molecule has 1 rings (SSSR count). The SMILES string of the molecule is COCCNC(=O)CCNCc1cc(C(=O)O)no1. The lowest BCUT2D eigenvalue weighted by Gasteiger charge is -2.04. The van der Waals surface area contributed by atoms with Gasteiger partial charge in [-0.2, -0.15) is 0 Å². The third-order valence-corrected chi connectivity index (χ3v) is 2.23. The number of amides is 1. The summed E-state index contributed by atoms with van der Waals surface area (Å²) in [4.78, 5) is 21.9. The monoisotopic (exact) mass is 271 g/mol. The number of carbonyl (C=O) groups excluding carboxylic acids is 1. The second-order valence-electron chi connectivity index (χ2n) is 3.75. The molecule has 8 heteroatoms. The minimum Gasteiger partial charge on any atom is -0.476 e. The van der Waals surface area contributed by atoms with E-state index >= 15 is 0 Å². The molecule has 0 aliphatic rings. The maximum Gasteiger partial charge on any atom is 0.358 e. The zero-order valence-corrected chi connectivity index (χ0v) is 10.6. The number of hydrogen-bond acceptors (Lipinski definition) is 6. The first-order valence-corrected chi connectivity index (χ1v) is 5.78. The molecule has 0 saturated carbocycles. The second kappa shape index (κ2) is 8.22. The zero-order chi connectivity index (χ0) is 14.1. The Morgan fingerprint density at radius 2 is 2.26 bits per heavy atom. The highest BCUT2D eigenvalue weighted by molar-refractivity contribution is 5.85. The standard InChI is InChI=1S/C11H17N3O5/c1-18-5-4-13-10(15)2-3-12-7-8-6-9(11(16)17)14-19-8/h6,12H,2-5,7H2,1H3,(H,13,15)(H,16,17). The molecule has 0 saturated heterocycles. The van der Waals surface area contributed by atoms with Crippen molar-refractivity contribution in [1.82, 2.24) is 15.8 Å². The summed E-state index contributed by atoms with van der Waals surface area (Å²) in [6, 6.07) is 1.34. The predicted molar refractivity (Wildman–Crippen MR) is 64.7 cm³/mol. The van der Waals surface area contributed by atoms with E-state index in [1.54, 1.807) is 7.11 Å². The maximum absolute atomic E-state index is 11.3. The van der Waals surface area contributed by atoms with Gasteiger partial charge in [-0.1, -0.05) is 5.16 Å². The van der Waals surface area contributed by atoms with E-state index in [1.165, 1.54) is 6.07 Å². The molecule has 1 heterocycles. The lowest BCUT2D eigenvalue weighted by atomic mass is 10.3. The number of nitrogens with zero attached hydrogens (tertiary/aromatic N) is 1. The molecule has 1 amide bonds. The summed E-state index contributed by atoms with van der Waals surface area (Å²) >= 11 is 0. The van der Waals surface area contributed by atoms with Crippen LogP contribution in [0.4, 0.5) is 0 Å². The number of rotatable bonds is 9. The molecule has 1 aromatic rings. The van der Waals surface area contributed by atoms with Crippen LogP contribution in [-0.4, -0.2) is 48.9 Å². The number of hydrogen-bond donors (Lipinski definition) is 3. The van der Waals surface area contributed by atoms with Crippen molar-refractivity contribution in [3.05, 3.63) is 17.5 Å². The molecule has 0 aromatic carbocycles. The van der Waals surface area contributed by atoms with Crippen LogP contribution < -0.4 is 10.6 Å². The lowest BCUT2D eigenvalue weighted by Crippen LogP contribution is -2.29. The molecule has 1 aromatic heterocycles. The molecule has 19 heavy (non-hydrogen) atoms. The van der Waals surface area contributed by atoms with E-state index in [4.69, 9.17) is 14.4 Å². The Morgan fingerprint density at radius 1 is 1.47 bits per heavy atom. The Hall–Kier alpha value is -1.93. The molecule has 0 unspecified atom stereocenters. The topological polar surface area (TPSA) is 114 Å². The minimum atomic E-state index is -1.13. The number of aromatic nitrogens is 1. The Kier molecular flexibility index (Phi) is 6.55. The van der Waals surface area contributed by atoms with Gasteiger partial charge in [0.2, 0.25) is 5.91 Å². The van der Waals surface area contributed by atoms with E-state index in [0.29, 0.717) is 38.4 Å². The van der Waals surface area contributed by atoms with Crippen molar-refractivity contribution in [3.63, 3.8) is 0 Å². The van der Waals surface area contributed by atoms with E-state index in [9.17, 15) is 9.59 Å². The second-order valence-corrected chi connectivity index (χ2v) is 3.75. The summed E-state index contributed by atoms with van der Waals surface area (Å²) in [6.45, 7) is 1.75. The molecule has 8 nitrogen and oxygen atoms in total. The molecule has 0 aliphatic heterocycles. The van der Waals surface area contributed by atoms with Gasteiger partial charge in [-0.05, 0) is 0 Å². The number of carbonyl (C=O) groups is 2. The number of carboxylic acids is 1. The van der Waals surface area contributed by atoms with E-state index in [2.05, 4.69) is 15.8 Å². The van der Waals surface area contributed by atoms with Crippen LogP contribution in [0.1, 0.15) is 22.7 Å². The molecular weight excluding hydrogens is 254 g/mol. The third-order valence-electron chi connectivity index (χ3n) is 2.23. The molecule has 0 spiro atoms. The lowest BCUT2D eigenvalue weighted by molar-refractivity contribution is -0.121. The minimum absolute atomic E-state index is 0.0756. The maximum atomic E-state index is 11.3. The number of carboxylic acid groups (broad SMARTS) is 1. The molecule has 0 bridgehead atoms. The highest BCUT2D eigenvalue weighted by Gasteiger charge is 2.10. The van der Waals surface area contributed by atoms with Gasteiger partial charge < -0.3 is 25.0 Å². The third kappa shape index (κ3) is 5.98. The van der Waals surface area contributed by atoms with Crippen molar-refractivity contribution >= 4 is 11.9 Å². The van der Waals surface area contributed by atoms with E-state index < -0.39 is 5.97 Å². The average molecular weight is 271 g/mol. The van der Waals surface area contributed by atoms with Crippen LogP contribution in [0, 0.1) is 0 Å². The van der Waals surface area contributed by atoms with Gasteiger partial charge in [-0.3, -0.25) is 4.79 Å². The summed E-state index contributed by atoms with van der Waals surface area (Å²) in [5, 5.41) is 17.7. The fraction of sp³-hybridized carbons (Fsp3) is 0.545. The molecule has 0 atom stereocenters. The predicted octanol–water partition coefficient (Wildman–Crippen LogP) is -0.385. The fourth-order valence-corrected chi connectivity index (χ4v) is 1.29. The zero-order valence-electron chi connectivity index (χ0n) is 10.6. The first kappa shape index (κ1) is 15.1. The summed E-state index contributed by atoms with van der Waals surface area (Å²) in [5.41, 5.74) is -0.130. The summed E-state index contributed by atoms with van der Waals surface area (Å²) in [5.74, 6) is -0.793. The Bertz CT molecular complexity index is 418. The molecular formula is C11H17N3O5. The smallest absolute Gasteiger partial charge is 0.358 e. The first-order valence-electron chi connectivity index (χ1n) is 5.78. The molecule has 0 radical (unpaired) electrons. The summed E-state index contributed by atoms with van der Waals surface area (Å²) < 4.78 is 9.60. The van der Waals surface area contributed by atoms with Crippen molar-refractivity contribution in [2.75, 3.05) is 26.8 Å². The summed E-state index contributed by atoms with van der Waals surface area (Å²) in [6.07, 6.45) is 0.323. The Labute approximate surface area is 110 Å². The van der Waals surface area contributed by atoms with Crippen molar-refractivity contribution in [3.8, 4) is 0 Å². The van der Waals surface area contributed by atoms with Crippen LogP contribution in [0.15, 0.2) is 10.6 Å².